The maximum absolute atomic E-state index is 3.71. The molecule has 1 aliphatic rings. The number of hydrogen-bond donors (Lipinski definition) is 1. The van der Waals surface area contributed by atoms with Crippen LogP contribution in [0.5, 0.6) is 0 Å². The first-order chi connectivity index (χ1) is 6.88. The van der Waals surface area contributed by atoms with Crippen molar-refractivity contribution in [1.29, 1.82) is 0 Å². The van der Waals surface area contributed by atoms with Crippen molar-refractivity contribution in [3.63, 3.8) is 0 Å². The largest absolute Gasteiger partial charge is 0.351 e. The van der Waals surface area contributed by atoms with E-state index in [0.717, 1.165) is 0 Å². The zero-order valence-corrected chi connectivity index (χ0v) is 10.2. The van der Waals surface area contributed by atoms with Gasteiger partial charge in [0.1, 0.15) is 0 Å². The van der Waals surface area contributed by atoms with Crippen LogP contribution in [-0.4, -0.2) is 15.6 Å². The summed E-state index contributed by atoms with van der Waals surface area (Å²) in [4.78, 5) is 0. The van der Waals surface area contributed by atoms with Crippen molar-refractivity contribution in [2.24, 2.45) is 0 Å². The highest BCUT2D eigenvalue weighted by Gasteiger charge is 2.37. The Bertz CT molecular complexity index is 306. The second kappa shape index (κ2) is 3.38. The van der Waals surface area contributed by atoms with Gasteiger partial charge in [-0.2, -0.15) is 0 Å². The average molecular weight is 206 g/mol. The molecule has 2 nitrogen and oxygen atoms in total. The van der Waals surface area contributed by atoms with E-state index in [-0.39, 0.29) is 11.1 Å². The summed E-state index contributed by atoms with van der Waals surface area (Å²) in [5.74, 6) is 0. The molecular formula is C13H22N2. The van der Waals surface area contributed by atoms with Gasteiger partial charge in [-0.3, -0.25) is 0 Å². The maximum atomic E-state index is 3.71. The van der Waals surface area contributed by atoms with Crippen molar-refractivity contribution in [3.05, 3.63) is 24.5 Å². The summed E-state index contributed by atoms with van der Waals surface area (Å²) in [7, 11) is 0. The molecule has 15 heavy (non-hydrogen) atoms. The van der Waals surface area contributed by atoms with Crippen LogP contribution >= 0.6 is 0 Å². The summed E-state index contributed by atoms with van der Waals surface area (Å²) >= 11 is 0. The maximum Gasteiger partial charge on any atom is 0.0365 e. The van der Waals surface area contributed by atoms with Gasteiger partial charge in [-0.15, -0.1) is 0 Å². The molecule has 2 heteroatoms. The summed E-state index contributed by atoms with van der Waals surface area (Å²) in [6.45, 7) is 9.18. The highest BCUT2D eigenvalue weighted by atomic mass is 15.1. The van der Waals surface area contributed by atoms with E-state index >= 15 is 0 Å². The predicted octanol–water partition coefficient (Wildman–Crippen LogP) is 2.97. The van der Waals surface area contributed by atoms with E-state index in [1.807, 2.05) is 0 Å². The molecule has 0 saturated carbocycles. The molecule has 0 aliphatic carbocycles. The van der Waals surface area contributed by atoms with Crippen molar-refractivity contribution in [1.82, 2.24) is 9.88 Å². The van der Waals surface area contributed by atoms with Gasteiger partial charge in [0.05, 0.1) is 0 Å². The molecular weight excluding hydrogens is 184 g/mol. The Morgan fingerprint density at radius 3 is 1.93 bits per heavy atom. The normalized spacial score (nSPS) is 25.3. The lowest BCUT2D eigenvalue weighted by Crippen LogP contribution is -2.57. The lowest BCUT2D eigenvalue weighted by molar-refractivity contribution is 0.133. The van der Waals surface area contributed by atoms with Crippen molar-refractivity contribution < 1.29 is 0 Å². The van der Waals surface area contributed by atoms with E-state index in [1.165, 1.54) is 12.8 Å². The van der Waals surface area contributed by atoms with Crippen LogP contribution in [-0.2, 0) is 0 Å². The van der Waals surface area contributed by atoms with Crippen LogP contribution in [0.1, 0.15) is 46.6 Å². The molecule has 2 heterocycles. The minimum Gasteiger partial charge on any atom is -0.351 e. The molecule has 0 bridgehead atoms. The third-order valence-corrected chi connectivity index (χ3v) is 3.22. The van der Waals surface area contributed by atoms with Crippen LogP contribution in [0.2, 0.25) is 0 Å². The van der Waals surface area contributed by atoms with Gasteiger partial charge in [0, 0.05) is 29.5 Å². The molecule has 0 spiro atoms. The van der Waals surface area contributed by atoms with Gasteiger partial charge in [-0.05, 0) is 52.7 Å². The third kappa shape index (κ3) is 2.43. The molecule has 0 aromatic carbocycles. The zero-order chi connectivity index (χ0) is 11.1. The van der Waals surface area contributed by atoms with Gasteiger partial charge >= 0.3 is 0 Å². The highest BCUT2D eigenvalue weighted by molar-refractivity contribution is 5.02. The Labute approximate surface area is 92.7 Å². The van der Waals surface area contributed by atoms with Gasteiger partial charge < -0.3 is 9.88 Å². The number of nitrogens with one attached hydrogen (secondary N) is 1. The van der Waals surface area contributed by atoms with Crippen LogP contribution < -0.4 is 5.32 Å². The van der Waals surface area contributed by atoms with Crippen molar-refractivity contribution in [2.75, 3.05) is 0 Å². The summed E-state index contributed by atoms with van der Waals surface area (Å²) < 4.78 is 2.35. The van der Waals surface area contributed by atoms with Crippen LogP contribution in [0.4, 0.5) is 0 Å². The molecule has 1 aromatic heterocycles. The smallest absolute Gasteiger partial charge is 0.0365 e. The van der Waals surface area contributed by atoms with Crippen LogP contribution in [0.3, 0.4) is 0 Å². The first-order valence-electron chi connectivity index (χ1n) is 5.80. The van der Waals surface area contributed by atoms with E-state index in [9.17, 15) is 0 Å². The SMILES string of the molecule is CC1(C)CC(n2cccc2)CC(C)(C)N1. The summed E-state index contributed by atoms with van der Waals surface area (Å²) in [6, 6.07) is 4.86. The molecule has 84 valence electrons. The second-order valence-electron chi connectivity index (χ2n) is 6.09. The van der Waals surface area contributed by atoms with E-state index in [1.54, 1.807) is 0 Å². The Kier molecular flexibility index (Phi) is 2.42. The standard InChI is InChI=1S/C13H22N2/c1-12(2)9-11(10-13(3,4)14-12)15-7-5-6-8-15/h5-8,11,14H,9-10H2,1-4H3. The summed E-state index contributed by atoms with van der Waals surface area (Å²) in [5, 5.41) is 3.71. The number of nitrogens with zero attached hydrogens (tertiary/aromatic N) is 1. The second-order valence-corrected chi connectivity index (χ2v) is 6.09. The Balaban J connectivity index is 2.21. The molecule has 0 radical (unpaired) electrons. The van der Waals surface area contributed by atoms with Gasteiger partial charge in [0.15, 0.2) is 0 Å². The fourth-order valence-corrected chi connectivity index (χ4v) is 3.07. The lowest BCUT2D eigenvalue weighted by Gasteiger charge is -2.47. The zero-order valence-electron chi connectivity index (χ0n) is 10.2. The van der Waals surface area contributed by atoms with Gasteiger partial charge in [0.2, 0.25) is 0 Å². The Hall–Kier alpha value is -0.760. The van der Waals surface area contributed by atoms with Crippen molar-refractivity contribution >= 4 is 0 Å². The monoisotopic (exact) mass is 206 g/mol. The number of rotatable bonds is 1. The predicted molar refractivity (Wildman–Crippen MR) is 64.0 cm³/mol. The summed E-state index contributed by atoms with van der Waals surface area (Å²) in [5.41, 5.74) is 0.466. The fourth-order valence-electron chi connectivity index (χ4n) is 3.07. The van der Waals surface area contributed by atoms with Gasteiger partial charge in [0.25, 0.3) is 0 Å². The molecule has 1 fully saturated rings. The van der Waals surface area contributed by atoms with Crippen molar-refractivity contribution in [3.8, 4) is 0 Å². The molecule has 0 amide bonds. The molecule has 1 aromatic rings. The molecule has 0 unspecified atom stereocenters. The molecule has 0 atom stereocenters. The quantitative estimate of drug-likeness (QED) is 0.747. The summed E-state index contributed by atoms with van der Waals surface area (Å²) in [6.07, 6.45) is 6.76. The topological polar surface area (TPSA) is 17.0 Å². The van der Waals surface area contributed by atoms with E-state index in [0.29, 0.717) is 6.04 Å². The fraction of sp³-hybridized carbons (Fsp3) is 0.692. The Morgan fingerprint density at radius 1 is 1.00 bits per heavy atom. The minimum atomic E-state index is 0.233. The minimum absolute atomic E-state index is 0.233. The van der Waals surface area contributed by atoms with E-state index < -0.39 is 0 Å². The van der Waals surface area contributed by atoms with E-state index in [4.69, 9.17) is 0 Å². The van der Waals surface area contributed by atoms with Crippen LogP contribution in [0.15, 0.2) is 24.5 Å². The van der Waals surface area contributed by atoms with Crippen molar-refractivity contribution in [2.45, 2.75) is 57.7 Å². The van der Waals surface area contributed by atoms with Gasteiger partial charge in [-0.25, -0.2) is 0 Å². The number of hydrogen-bond acceptors (Lipinski definition) is 1. The van der Waals surface area contributed by atoms with E-state index in [2.05, 4.69) is 62.1 Å². The first-order valence-corrected chi connectivity index (χ1v) is 5.80. The first kappa shape index (κ1) is 10.7. The van der Waals surface area contributed by atoms with Gasteiger partial charge in [-0.1, -0.05) is 0 Å². The average Bonchev–Trinajstić information content (AvgIpc) is 2.48. The third-order valence-electron chi connectivity index (χ3n) is 3.22. The molecule has 1 N–H and O–H groups in total. The highest BCUT2D eigenvalue weighted by Crippen LogP contribution is 2.35. The number of aromatic nitrogens is 1. The molecule has 1 saturated heterocycles. The number of piperidine rings is 1. The Morgan fingerprint density at radius 2 is 1.47 bits per heavy atom. The molecule has 2 rings (SSSR count). The lowest BCUT2D eigenvalue weighted by atomic mass is 9.79. The van der Waals surface area contributed by atoms with Crippen LogP contribution in [0, 0.1) is 0 Å². The molecule has 1 aliphatic heterocycles. The van der Waals surface area contributed by atoms with Crippen LogP contribution in [0.25, 0.3) is 0 Å².